The maximum Gasteiger partial charge on any atom is 0.0421 e. The van der Waals surface area contributed by atoms with Crippen molar-refractivity contribution in [3.63, 3.8) is 0 Å². The van der Waals surface area contributed by atoms with Gasteiger partial charge in [0, 0.05) is 17.7 Å². The van der Waals surface area contributed by atoms with Crippen molar-refractivity contribution in [3.8, 4) is 0 Å². The van der Waals surface area contributed by atoms with Gasteiger partial charge in [-0.3, -0.25) is 0 Å². The van der Waals surface area contributed by atoms with E-state index in [2.05, 4.69) is 24.0 Å². The molecule has 0 radical (unpaired) electrons. The van der Waals surface area contributed by atoms with E-state index >= 15 is 0 Å². The molecule has 0 aliphatic carbocycles. The minimum absolute atomic E-state index is 0.919. The smallest absolute Gasteiger partial charge is 0.0421 e. The summed E-state index contributed by atoms with van der Waals surface area (Å²) in [5, 5.41) is 4.35. The first-order valence-corrected chi connectivity index (χ1v) is 10.8. The van der Waals surface area contributed by atoms with Crippen molar-refractivity contribution in [3.05, 3.63) is 0 Å². The van der Waals surface area contributed by atoms with Gasteiger partial charge < -0.3 is 5.32 Å². The normalized spacial score (nSPS) is 18.4. The molecule has 0 amide bonds. The van der Waals surface area contributed by atoms with E-state index in [1.807, 2.05) is 0 Å². The lowest BCUT2D eigenvalue weighted by Gasteiger charge is -2.07. The first-order valence-electron chi connectivity index (χ1n) is 9.76. The molecular weight excluding hydrogens is 274 g/mol. The summed E-state index contributed by atoms with van der Waals surface area (Å²) < 4.78 is 0. The lowest BCUT2D eigenvalue weighted by Crippen LogP contribution is -2.12. The summed E-state index contributed by atoms with van der Waals surface area (Å²) in [6.07, 6.45) is 22.0. The predicted molar refractivity (Wildman–Crippen MR) is 99.2 cm³/mol. The fourth-order valence-electron chi connectivity index (χ4n) is 3.21. The Labute approximate surface area is 138 Å². The van der Waals surface area contributed by atoms with Crippen molar-refractivity contribution < 1.29 is 0 Å². The molecular formula is C19H39NS. The van der Waals surface area contributed by atoms with Gasteiger partial charge in [0.25, 0.3) is 0 Å². The number of thioether (sulfide) groups is 1. The summed E-state index contributed by atoms with van der Waals surface area (Å²) in [5.41, 5.74) is 0. The average Bonchev–Trinajstić information content (AvgIpc) is 3.01. The predicted octanol–water partition coefficient (Wildman–Crippen LogP) is 6.52. The van der Waals surface area contributed by atoms with Crippen LogP contribution in [-0.2, 0) is 0 Å². The fraction of sp³-hybridized carbons (Fsp3) is 1.00. The van der Waals surface area contributed by atoms with Crippen molar-refractivity contribution in [2.45, 2.75) is 108 Å². The third kappa shape index (κ3) is 12.5. The summed E-state index contributed by atoms with van der Waals surface area (Å²) >= 11 is 2.12. The quantitative estimate of drug-likeness (QED) is 0.345. The van der Waals surface area contributed by atoms with Gasteiger partial charge in [0.15, 0.2) is 0 Å². The molecule has 0 bridgehead atoms. The molecule has 1 saturated heterocycles. The van der Waals surface area contributed by atoms with E-state index in [0.717, 1.165) is 5.25 Å². The highest BCUT2D eigenvalue weighted by atomic mass is 32.2. The Bertz CT molecular complexity index is 202. The van der Waals surface area contributed by atoms with Crippen LogP contribution in [0.15, 0.2) is 0 Å². The van der Waals surface area contributed by atoms with E-state index < -0.39 is 0 Å². The number of rotatable bonds is 15. The van der Waals surface area contributed by atoms with Gasteiger partial charge in [-0.15, -0.1) is 11.8 Å². The maximum absolute atomic E-state index is 3.43. The maximum atomic E-state index is 3.43. The van der Waals surface area contributed by atoms with Crippen molar-refractivity contribution in [1.82, 2.24) is 5.32 Å². The van der Waals surface area contributed by atoms with Crippen molar-refractivity contribution in [2.75, 3.05) is 12.4 Å². The second-order valence-electron chi connectivity index (χ2n) is 6.77. The summed E-state index contributed by atoms with van der Waals surface area (Å²) in [6, 6.07) is 0. The molecule has 126 valence electrons. The fourth-order valence-corrected chi connectivity index (χ4v) is 4.25. The lowest BCUT2D eigenvalue weighted by atomic mass is 10.0. The zero-order valence-corrected chi connectivity index (χ0v) is 15.3. The Morgan fingerprint density at radius 1 is 0.714 bits per heavy atom. The molecule has 1 fully saturated rings. The van der Waals surface area contributed by atoms with Gasteiger partial charge in [-0.05, 0) is 6.42 Å². The van der Waals surface area contributed by atoms with Gasteiger partial charge in [-0.2, -0.15) is 0 Å². The summed E-state index contributed by atoms with van der Waals surface area (Å²) in [6.45, 7) is 3.55. The molecule has 1 atom stereocenters. The minimum Gasteiger partial charge on any atom is -0.307 e. The van der Waals surface area contributed by atoms with E-state index in [1.165, 1.54) is 109 Å². The van der Waals surface area contributed by atoms with Crippen LogP contribution in [-0.4, -0.2) is 17.7 Å². The molecule has 0 aromatic carbocycles. The first-order chi connectivity index (χ1) is 10.4. The van der Waals surface area contributed by atoms with Crippen LogP contribution in [0.3, 0.4) is 0 Å². The van der Waals surface area contributed by atoms with Crippen molar-refractivity contribution >= 4 is 11.8 Å². The monoisotopic (exact) mass is 313 g/mol. The molecule has 0 spiro atoms. The zero-order valence-electron chi connectivity index (χ0n) is 14.5. The van der Waals surface area contributed by atoms with Crippen LogP contribution < -0.4 is 5.32 Å². The topological polar surface area (TPSA) is 12.0 Å². The van der Waals surface area contributed by atoms with Gasteiger partial charge in [0.05, 0.1) is 0 Å². The van der Waals surface area contributed by atoms with E-state index in [1.54, 1.807) is 0 Å². The number of unbranched alkanes of at least 4 members (excludes halogenated alkanes) is 13. The van der Waals surface area contributed by atoms with E-state index in [-0.39, 0.29) is 0 Å². The molecule has 1 aliphatic rings. The Balaban J connectivity index is 1.65. The third-order valence-corrected chi connectivity index (χ3v) is 5.92. The average molecular weight is 314 g/mol. The highest BCUT2D eigenvalue weighted by Gasteiger charge is 2.13. The minimum atomic E-state index is 0.919. The molecule has 21 heavy (non-hydrogen) atoms. The highest BCUT2D eigenvalue weighted by molar-refractivity contribution is 8.00. The standard InChI is InChI=1S/C19H39NS/c1-2-3-4-5-6-7-8-9-10-11-12-13-14-15-16-19-17-20-18-21-19/h19-20H,2-18H2,1H3. The molecule has 0 saturated carbocycles. The Morgan fingerprint density at radius 3 is 1.62 bits per heavy atom. The van der Waals surface area contributed by atoms with Crippen molar-refractivity contribution in [2.24, 2.45) is 0 Å². The molecule has 2 heteroatoms. The summed E-state index contributed by atoms with van der Waals surface area (Å²) in [4.78, 5) is 0. The van der Waals surface area contributed by atoms with Gasteiger partial charge in [-0.25, -0.2) is 0 Å². The summed E-state index contributed by atoms with van der Waals surface area (Å²) in [7, 11) is 0. The molecule has 0 aromatic rings. The van der Waals surface area contributed by atoms with Gasteiger partial charge >= 0.3 is 0 Å². The largest absolute Gasteiger partial charge is 0.307 e. The van der Waals surface area contributed by atoms with Crippen LogP contribution in [0.2, 0.25) is 0 Å². The Morgan fingerprint density at radius 2 is 1.19 bits per heavy atom. The van der Waals surface area contributed by atoms with Gasteiger partial charge in [0.2, 0.25) is 0 Å². The summed E-state index contributed by atoms with van der Waals surface area (Å²) in [5.74, 6) is 1.18. The Hall–Kier alpha value is 0.310. The van der Waals surface area contributed by atoms with Crippen LogP contribution in [0, 0.1) is 0 Å². The van der Waals surface area contributed by atoms with Gasteiger partial charge in [0.1, 0.15) is 0 Å². The van der Waals surface area contributed by atoms with E-state index in [4.69, 9.17) is 0 Å². The highest BCUT2D eigenvalue weighted by Crippen LogP contribution is 2.21. The van der Waals surface area contributed by atoms with Crippen LogP contribution in [0.1, 0.15) is 103 Å². The SMILES string of the molecule is CCCCCCCCCCCCCCCCC1CNCS1. The number of hydrogen-bond donors (Lipinski definition) is 1. The van der Waals surface area contributed by atoms with E-state index in [0.29, 0.717) is 0 Å². The number of hydrogen-bond acceptors (Lipinski definition) is 2. The third-order valence-electron chi connectivity index (χ3n) is 4.67. The Kier molecular flexibility index (Phi) is 14.0. The molecule has 1 rings (SSSR count). The molecule has 1 nitrogen and oxygen atoms in total. The van der Waals surface area contributed by atoms with E-state index in [9.17, 15) is 0 Å². The zero-order chi connectivity index (χ0) is 15.0. The molecule has 1 N–H and O–H groups in total. The van der Waals surface area contributed by atoms with Crippen LogP contribution in [0.5, 0.6) is 0 Å². The van der Waals surface area contributed by atoms with Crippen LogP contribution in [0.25, 0.3) is 0 Å². The molecule has 1 aliphatic heterocycles. The van der Waals surface area contributed by atoms with Crippen LogP contribution in [0.4, 0.5) is 0 Å². The lowest BCUT2D eigenvalue weighted by molar-refractivity contribution is 0.530. The van der Waals surface area contributed by atoms with Gasteiger partial charge in [-0.1, -0.05) is 96.8 Å². The molecule has 1 heterocycles. The second-order valence-corrected chi connectivity index (χ2v) is 8.06. The van der Waals surface area contributed by atoms with Crippen molar-refractivity contribution in [1.29, 1.82) is 0 Å². The van der Waals surface area contributed by atoms with Crippen LogP contribution >= 0.6 is 11.8 Å². The second kappa shape index (κ2) is 15.2. The molecule has 1 unspecified atom stereocenters. The number of nitrogens with one attached hydrogen (secondary N) is 1. The first kappa shape index (κ1) is 19.4. The molecule has 0 aromatic heterocycles.